The molecule has 0 aliphatic carbocycles. The van der Waals surface area contributed by atoms with Crippen molar-refractivity contribution in [1.29, 1.82) is 0 Å². The average molecular weight is 271 g/mol. The third-order valence-electron chi connectivity index (χ3n) is 2.58. The zero-order valence-corrected chi connectivity index (χ0v) is 9.58. The fourth-order valence-electron chi connectivity index (χ4n) is 1.61. The molecular weight excluding hydrogens is 262 g/mol. The highest BCUT2D eigenvalue weighted by molar-refractivity contribution is 5.63. The molecule has 2 rings (SSSR count). The number of hydrogen-bond donors (Lipinski definition) is 1. The monoisotopic (exact) mass is 271 g/mol. The molecule has 0 aliphatic rings. The summed E-state index contributed by atoms with van der Waals surface area (Å²) in [6.07, 6.45) is -3.54. The van der Waals surface area contributed by atoms with Crippen LogP contribution in [0.1, 0.15) is 11.3 Å². The number of pyridine rings is 1. The molecule has 19 heavy (non-hydrogen) atoms. The van der Waals surface area contributed by atoms with Gasteiger partial charge in [-0.2, -0.15) is 13.2 Å². The summed E-state index contributed by atoms with van der Waals surface area (Å²) in [4.78, 5) is 3.27. The third-order valence-corrected chi connectivity index (χ3v) is 2.58. The first-order valence-electron chi connectivity index (χ1n) is 5.34. The van der Waals surface area contributed by atoms with Gasteiger partial charge in [0.2, 0.25) is 0 Å². The topological polar surface area (TPSA) is 33.1 Å². The van der Waals surface area contributed by atoms with Crippen LogP contribution in [0.3, 0.4) is 0 Å². The number of halogens is 4. The van der Waals surface area contributed by atoms with Crippen molar-refractivity contribution in [3.05, 3.63) is 53.6 Å². The molecule has 1 heterocycles. The van der Waals surface area contributed by atoms with E-state index in [2.05, 4.69) is 4.98 Å². The van der Waals surface area contributed by atoms with E-state index in [1.54, 1.807) is 0 Å². The minimum absolute atomic E-state index is 0.137. The van der Waals surface area contributed by atoms with Gasteiger partial charge >= 0.3 is 6.18 Å². The first-order chi connectivity index (χ1) is 8.91. The van der Waals surface area contributed by atoms with Gasteiger partial charge in [-0.1, -0.05) is 18.2 Å². The Morgan fingerprint density at radius 3 is 2.32 bits per heavy atom. The van der Waals surface area contributed by atoms with Gasteiger partial charge in [-0.15, -0.1) is 0 Å². The van der Waals surface area contributed by atoms with Gasteiger partial charge in [0.05, 0.1) is 6.61 Å². The Morgan fingerprint density at radius 2 is 1.84 bits per heavy atom. The van der Waals surface area contributed by atoms with Gasteiger partial charge in [0.1, 0.15) is 11.5 Å². The lowest BCUT2D eigenvalue weighted by Gasteiger charge is -2.08. The van der Waals surface area contributed by atoms with E-state index in [0.29, 0.717) is 5.56 Å². The summed E-state index contributed by atoms with van der Waals surface area (Å²) in [5.74, 6) is -0.617. The maximum Gasteiger partial charge on any atom is 0.433 e. The predicted octanol–water partition coefficient (Wildman–Crippen LogP) is 3.40. The molecule has 0 saturated carbocycles. The summed E-state index contributed by atoms with van der Waals surface area (Å²) in [6.45, 7) is -0.303. The van der Waals surface area contributed by atoms with Gasteiger partial charge in [0.25, 0.3) is 0 Å². The SMILES string of the molecule is OCc1ccc(-c2ccc(C(F)(F)F)nc2)c(F)c1. The largest absolute Gasteiger partial charge is 0.433 e. The molecule has 0 spiro atoms. The molecule has 1 aromatic heterocycles. The molecule has 0 amide bonds. The number of aromatic nitrogens is 1. The van der Waals surface area contributed by atoms with Crippen LogP contribution in [0.4, 0.5) is 17.6 Å². The van der Waals surface area contributed by atoms with Crippen LogP contribution in [0.25, 0.3) is 11.1 Å². The van der Waals surface area contributed by atoms with E-state index in [0.717, 1.165) is 24.4 Å². The highest BCUT2D eigenvalue weighted by Gasteiger charge is 2.32. The van der Waals surface area contributed by atoms with Crippen molar-refractivity contribution in [2.45, 2.75) is 12.8 Å². The van der Waals surface area contributed by atoms with E-state index in [-0.39, 0.29) is 17.7 Å². The molecule has 0 radical (unpaired) electrons. The molecule has 1 N–H and O–H groups in total. The van der Waals surface area contributed by atoms with Gasteiger partial charge in [-0.25, -0.2) is 4.39 Å². The van der Waals surface area contributed by atoms with Crippen molar-refractivity contribution < 1.29 is 22.7 Å². The third kappa shape index (κ3) is 2.90. The minimum Gasteiger partial charge on any atom is -0.392 e. The summed E-state index contributed by atoms with van der Waals surface area (Å²) in [5.41, 5.74) is -0.252. The van der Waals surface area contributed by atoms with Crippen molar-refractivity contribution in [1.82, 2.24) is 4.98 Å². The second kappa shape index (κ2) is 4.97. The Hall–Kier alpha value is -1.95. The van der Waals surface area contributed by atoms with Crippen molar-refractivity contribution in [2.24, 2.45) is 0 Å². The van der Waals surface area contributed by atoms with Crippen LogP contribution >= 0.6 is 0 Å². The van der Waals surface area contributed by atoms with Crippen molar-refractivity contribution in [3.8, 4) is 11.1 Å². The Labute approximate surface area is 106 Å². The molecular formula is C13H9F4NO. The van der Waals surface area contributed by atoms with E-state index in [9.17, 15) is 17.6 Å². The highest BCUT2D eigenvalue weighted by Crippen LogP contribution is 2.29. The summed E-state index contributed by atoms with van der Waals surface area (Å²) in [6, 6.07) is 5.98. The van der Waals surface area contributed by atoms with E-state index in [1.807, 2.05) is 0 Å². The van der Waals surface area contributed by atoms with Crippen molar-refractivity contribution in [3.63, 3.8) is 0 Å². The highest BCUT2D eigenvalue weighted by atomic mass is 19.4. The number of aliphatic hydroxyl groups excluding tert-OH is 1. The van der Waals surface area contributed by atoms with Crippen LogP contribution in [-0.2, 0) is 12.8 Å². The second-order valence-electron chi connectivity index (χ2n) is 3.90. The van der Waals surface area contributed by atoms with Crippen LogP contribution in [0, 0.1) is 5.82 Å². The number of hydrogen-bond acceptors (Lipinski definition) is 2. The zero-order chi connectivity index (χ0) is 14.0. The molecule has 2 nitrogen and oxygen atoms in total. The molecule has 0 bridgehead atoms. The van der Waals surface area contributed by atoms with Crippen molar-refractivity contribution >= 4 is 0 Å². The van der Waals surface area contributed by atoms with Gasteiger partial charge in [-0.3, -0.25) is 4.98 Å². The number of alkyl halides is 3. The number of rotatable bonds is 2. The summed E-state index contributed by atoms with van der Waals surface area (Å²) >= 11 is 0. The first-order valence-corrected chi connectivity index (χ1v) is 5.34. The standard InChI is InChI=1S/C13H9F4NO/c14-11-5-8(7-19)1-3-10(11)9-2-4-12(18-6-9)13(15,16)17/h1-6,19H,7H2. The second-order valence-corrected chi connectivity index (χ2v) is 3.90. The van der Waals surface area contributed by atoms with Crippen LogP contribution < -0.4 is 0 Å². The first kappa shape index (κ1) is 13.5. The van der Waals surface area contributed by atoms with E-state index in [1.165, 1.54) is 12.1 Å². The van der Waals surface area contributed by atoms with Crippen LogP contribution in [-0.4, -0.2) is 10.1 Å². The number of nitrogens with zero attached hydrogens (tertiary/aromatic N) is 1. The molecule has 1 aromatic carbocycles. The Morgan fingerprint density at radius 1 is 1.11 bits per heavy atom. The Kier molecular flexibility index (Phi) is 3.53. The molecule has 0 aliphatic heterocycles. The van der Waals surface area contributed by atoms with E-state index in [4.69, 9.17) is 5.11 Å². The molecule has 0 fully saturated rings. The smallest absolute Gasteiger partial charge is 0.392 e. The quantitative estimate of drug-likeness (QED) is 0.849. The van der Waals surface area contributed by atoms with Gasteiger partial charge < -0.3 is 5.11 Å². The molecule has 2 aromatic rings. The Balaban J connectivity index is 2.37. The lowest BCUT2D eigenvalue weighted by molar-refractivity contribution is -0.141. The fourth-order valence-corrected chi connectivity index (χ4v) is 1.61. The van der Waals surface area contributed by atoms with Gasteiger partial charge in [-0.05, 0) is 17.7 Å². The van der Waals surface area contributed by atoms with E-state index >= 15 is 0 Å². The van der Waals surface area contributed by atoms with Crippen LogP contribution in [0.5, 0.6) is 0 Å². The summed E-state index contributed by atoms with van der Waals surface area (Å²) < 4.78 is 50.7. The molecule has 0 unspecified atom stereocenters. The minimum atomic E-state index is -4.52. The number of aliphatic hydroxyl groups is 1. The zero-order valence-electron chi connectivity index (χ0n) is 9.58. The average Bonchev–Trinajstić information content (AvgIpc) is 2.37. The molecule has 6 heteroatoms. The molecule has 0 saturated heterocycles. The Bertz CT molecular complexity index is 578. The molecule has 100 valence electrons. The number of benzene rings is 1. The van der Waals surface area contributed by atoms with Crippen LogP contribution in [0.15, 0.2) is 36.5 Å². The van der Waals surface area contributed by atoms with E-state index < -0.39 is 17.7 Å². The fraction of sp³-hybridized carbons (Fsp3) is 0.154. The maximum absolute atomic E-state index is 13.7. The lowest BCUT2D eigenvalue weighted by atomic mass is 10.0. The summed E-state index contributed by atoms with van der Waals surface area (Å²) in [7, 11) is 0. The molecule has 0 atom stereocenters. The normalized spacial score (nSPS) is 11.6. The predicted molar refractivity (Wildman–Crippen MR) is 60.6 cm³/mol. The van der Waals surface area contributed by atoms with Crippen LogP contribution in [0.2, 0.25) is 0 Å². The lowest BCUT2D eigenvalue weighted by Crippen LogP contribution is -2.07. The summed E-state index contributed by atoms with van der Waals surface area (Å²) in [5, 5.41) is 8.85. The van der Waals surface area contributed by atoms with Gasteiger partial charge in [0.15, 0.2) is 0 Å². The van der Waals surface area contributed by atoms with Crippen molar-refractivity contribution in [2.75, 3.05) is 0 Å². The maximum atomic E-state index is 13.7. The van der Waals surface area contributed by atoms with Gasteiger partial charge in [0, 0.05) is 17.3 Å².